The van der Waals surface area contributed by atoms with Crippen LogP contribution in [0.2, 0.25) is 0 Å². The minimum atomic E-state index is 0.0250. The zero-order valence-electron chi connectivity index (χ0n) is 9.11. The molecule has 0 aromatic heterocycles. The Bertz CT molecular complexity index is 405. The summed E-state index contributed by atoms with van der Waals surface area (Å²) in [4.78, 5) is 0. The van der Waals surface area contributed by atoms with Crippen LogP contribution in [-0.4, -0.2) is 6.54 Å². The van der Waals surface area contributed by atoms with Gasteiger partial charge >= 0.3 is 0 Å². The third kappa shape index (κ3) is 2.34. The number of nitrogens with one attached hydrogen (secondary N) is 2. The zero-order valence-corrected chi connectivity index (χ0v) is 9.11. The molecule has 0 saturated carbocycles. The van der Waals surface area contributed by atoms with Crippen LogP contribution in [0.15, 0.2) is 42.7 Å². The second-order valence-corrected chi connectivity index (χ2v) is 4.03. The SMILES string of the molecule is C=C1NCC(C#N)CC(c2ccccc2)N1. The van der Waals surface area contributed by atoms with Crippen LogP contribution in [-0.2, 0) is 0 Å². The highest BCUT2D eigenvalue weighted by atomic mass is 15.1. The quantitative estimate of drug-likeness (QED) is 0.749. The predicted molar refractivity (Wildman–Crippen MR) is 63.2 cm³/mol. The Morgan fingerprint density at radius 2 is 2.06 bits per heavy atom. The van der Waals surface area contributed by atoms with Gasteiger partial charge in [-0.15, -0.1) is 0 Å². The van der Waals surface area contributed by atoms with E-state index in [1.807, 2.05) is 18.2 Å². The molecule has 1 heterocycles. The van der Waals surface area contributed by atoms with Gasteiger partial charge in [-0.3, -0.25) is 0 Å². The molecule has 2 N–H and O–H groups in total. The van der Waals surface area contributed by atoms with E-state index in [9.17, 15) is 0 Å². The average Bonchev–Trinajstić information content (AvgIpc) is 2.52. The molecular formula is C13H15N3. The van der Waals surface area contributed by atoms with Crippen molar-refractivity contribution in [3.05, 3.63) is 48.3 Å². The van der Waals surface area contributed by atoms with Crippen LogP contribution >= 0.6 is 0 Å². The van der Waals surface area contributed by atoms with Crippen LogP contribution in [0.3, 0.4) is 0 Å². The number of hydrogen-bond acceptors (Lipinski definition) is 3. The molecular weight excluding hydrogens is 198 g/mol. The fraction of sp³-hybridized carbons (Fsp3) is 0.308. The highest BCUT2D eigenvalue weighted by molar-refractivity contribution is 5.21. The van der Waals surface area contributed by atoms with Gasteiger partial charge in [0.25, 0.3) is 0 Å². The van der Waals surface area contributed by atoms with Gasteiger partial charge in [-0.25, -0.2) is 0 Å². The van der Waals surface area contributed by atoms with E-state index in [2.05, 4.69) is 35.4 Å². The average molecular weight is 213 g/mol. The van der Waals surface area contributed by atoms with E-state index in [1.165, 1.54) is 5.56 Å². The minimum Gasteiger partial charge on any atom is -0.371 e. The predicted octanol–water partition coefficient (Wildman–Crippen LogP) is 1.92. The van der Waals surface area contributed by atoms with E-state index < -0.39 is 0 Å². The molecule has 1 aliphatic heterocycles. The number of nitriles is 1. The Kier molecular flexibility index (Phi) is 3.11. The molecule has 2 atom stereocenters. The summed E-state index contributed by atoms with van der Waals surface area (Å²) in [6.07, 6.45) is 0.812. The van der Waals surface area contributed by atoms with Gasteiger partial charge in [0.2, 0.25) is 0 Å². The van der Waals surface area contributed by atoms with E-state index in [-0.39, 0.29) is 12.0 Å². The van der Waals surface area contributed by atoms with Gasteiger partial charge in [0.05, 0.1) is 23.8 Å². The maximum absolute atomic E-state index is 9.02. The summed E-state index contributed by atoms with van der Waals surface area (Å²) in [6.45, 7) is 4.56. The lowest BCUT2D eigenvalue weighted by Crippen LogP contribution is -2.25. The van der Waals surface area contributed by atoms with Crippen LogP contribution in [0.25, 0.3) is 0 Å². The van der Waals surface area contributed by atoms with Crippen molar-refractivity contribution in [1.29, 1.82) is 5.26 Å². The lowest BCUT2D eigenvalue weighted by atomic mass is 9.96. The van der Waals surface area contributed by atoms with Gasteiger partial charge in [0.15, 0.2) is 0 Å². The van der Waals surface area contributed by atoms with Crippen molar-refractivity contribution >= 4 is 0 Å². The third-order valence-electron chi connectivity index (χ3n) is 2.82. The molecule has 0 aliphatic carbocycles. The first kappa shape index (κ1) is 10.6. The van der Waals surface area contributed by atoms with E-state index in [1.54, 1.807) is 0 Å². The largest absolute Gasteiger partial charge is 0.371 e. The van der Waals surface area contributed by atoms with E-state index in [0.29, 0.717) is 6.54 Å². The van der Waals surface area contributed by atoms with Gasteiger partial charge in [-0.2, -0.15) is 5.26 Å². The molecule has 1 aromatic carbocycles. The van der Waals surface area contributed by atoms with Crippen molar-refractivity contribution in [2.24, 2.45) is 5.92 Å². The summed E-state index contributed by atoms with van der Waals surface area (Å²) < 4.78 is 0. The van der Waals surface area contributed by atoms with Gasteiger partial charge in [0, 0.05) is 6.54 Å². The Morgan fingerprint density at radius 1 is 1.31 bits per heavy atom. The summed E-state index contributed by atoms with van der Waals surface area (Å²) >= 11 is 0. The Hall–Kier alpha value is -1.95. The summed E-state index contributed by atoms with van der Waals surface area (Å²) in [5.41, 5.74) is 1.20. The van der Waals surface area contributed by atoms with E-state index >= 15 is 0 Å². The molecule has 16 heavy (non-hydrogen) atoms. The topological polar surface area (TPSA) is 47.9 Å². The van der Waals surface area contributed by atoms with Crippen molar-refractivity contribution < 1.29 is 0 Å². The lowest BCUT2D eigenvalue weighted by molar-refractivity contribution is 0.513. The van der Waals surface area contributed by atoms with Crippen LogP contribution in [0.1, 0.15) is 18.0 Å². The fourth-order valence-electron chi connectivity index (χ4n) is 1.94. The van der Waals surface area contributed by atoms with Crippen molar-refractivity contribution in [2.45, 2.75) is 12.5 Å². The van der Waals surface area contributed by atoms with Gasteiger partial charge in [-0.05, 0) is 12.0 Å². The summed E-state index contributed by atoms with van der Waals surface area (Å²) in [6, 6.07) is 12.7. The maximum atomic E-state index is 9.02. The molecule has 1 fully saturated rings. The highest BCUT2D eigenvalue weighted by Gasteiger charge is 2.21. The molecule has 1 aliphatic rings. The van der Waals surface area contributed by atoms with Crippen LogP contribution in [0, 0.1) is 17.2 Å². The summed E-state index contributed by atoms with van der Waals surface area (Å²) in [7, 11) is 0. The van der Waals surface area contributed by atoms with E-state index in [0.717, 1.165) is 12.2 Å². The molecule has 0 bridgehead atoms. The molecule has 0 radical (unpaired) electrons. The second kappa shape index (κ2) is 4.71. The molecule has 0 amide bonds. The summed E-state index contributed by atoms with van der Waals surface area (Å²) in [5.74, 6) is 0.823. The normalized spacial score (nSPS) is 24.8. The number of benzene rings is 1. The fourth-order valence-corrected chi connectivity index (χ4v) is 1.94. The Labute approximate surface area is 95.8 Å². The maximum Gasteiger partial charge on any atom is 0.0917 e. The van der Waals surface area contributed by atoms with Crippen LogP contribution < -0.4 is 10.6 Å². The van der Waals surface area contributed by atoms with Gasteiger partial charge in [-0.1, -0.05) is 36.9 Å². The molecule has 82 valence electrons. The molecule has 2 rings (SSSR count). The first-order chi connectivity index (χ1) is 7.79. The Morgan fingerprint density at radius 3 is 2.75 bits per heavy atom. The molecule has 2 unspecified atom stereocenters. The van der Waals surface area contributed by atoms with Gasteiger partial charge < -0.3 is 10.6 Å². The van der Waals surface area contributed by atoms with E-state index in [4.69, 9.17) is 5.26 Å². The molecule has 1 aromatic rings. The zero-order chi connectivity index (χ0) is 11.4. The summed E-state index contributed by atoms with van der Waals surface area (Å²) in [5, 5.41) is 15.4. The molecule has 3 nitrogen and oxygen atoms in total. The first-order valence-corrected chi connectivity index (χ1v) is 5.43. The standard InChI is InChI=1S/C13H15N3/c1-10-15-9-11(8-14)7-13(16-10)12-5-3-2-4-6-12/h2-6,11,13,15-16H,1,7,9H2. The van der Waals surface area contributed by atoms with Crippen LogP contribution in [0.4, 0.5) is 0 Å². The third-order valence-corrected chi connectivity index (χ3v) is 2.82. The van der Waals surface area contributed by atoms with Crippen molar-refractivity contribution in [1.82, 2.24) is 10.6 Å². The Balaban J connectivity index is 2.19. The van der Waals surface area contributed by atoms with Gasteiger partial charge in [0.1, 0.15) is 0 Å². The second-order valence-electron chi connectivity index (χ2n) is 4.03. The highest BCUT2D eigenvalue weighted by Crippen LogP contribution is 2.23. The molecule has 0 spiro atoms. The van der Waals surface area contributed by atoms with Crippen LogP contribution in [0.5, 0.6) is 0 Å². The molecule has 3 heteroatoms. The smallest absolute Gasteiger partial charge is 0.0917 e. The number of rotatable bonds is 1. The minimum absolute atomic E-state index is 0.0250. The monoisotopic (exact) mass is 213 g/mol. The molecule has 1 saturated heterocycles. The lowest BCUT2D eigenvalue weighted by Gasteiger charge is -2.18. The van der Waals surface area contributed by atoms with Crippen molar-refractivity contribution in [3.8, 4) is 6.07 Å². The first-order valence-electron chi connectivity index (χ1n) is 5.43. The number of nitrogens with zero attached hydrogens (tertiary/aromatic N) is 1. The number of hydrogen-bond donors (Lipinski definition) is 2. The van der Waals surface area contributed by atoms with Crippen molar-refractivity contribution in [2.75, 3.05) is 6.54 Å². The van der Waals surface area contributed by atoms with Crippen molar-refractivity contribution in [3.63, 3.8) is 0 Å².